The maximum absolute atomic E-state index is 11.7. The third kappa shape index (κ3) is 6.82. The fraction of sp³-hybridized carbons (Fsp3) is 0.579. The molecule has 1 saturated heterocycles. The van der Waals surface area contributed by atoms with Crippen molar-refractivity contribution in [3.63, 3.8) is 0 Å². The van der Waals surface area contributed by atoms with E-state index >= 15 is 0 Å². The first kappa shape index (κ1) is 19.9. The highest BCUT2D eigenvalue weighted by atomic mass is 16.6. The maximum Gasteiger partial charge on any atom is 0.409 e. The van der Waals surface area contributed by atoms with Crippen molar-refractivity contribution in [1.82, 2.24) is 10.2 Å². The lowest BCUT2D eigenvalue weighted by Crippen LogP contribution is -2.48. The van der Waals surface area contributed by atoms with Gasteiger partial charge in [-0.3, -0.25) is 4.99 Å². The van der Waals surface area contributed by atoms with Crippen LogP contribution in [-0.2, 0) is 4.74 Å². The van der Waals surface area contributed by atoms with Crippen LogP contribution in [-0.4, -0.2) is 55.8 Å². The smallest absolute Gasteiger partial charge is 0.409 e. The first-order chi connectivity index (χ1) is 12.6. The van der Waals surface area contributed by atoms with Crippen LogP contribution in [0.2, 0.25) is 0 Å². The number of likely N-dealkylation sites (tertiary alicyclic amines) is 1. The van der Waals surface area contributed by atoms with Crippen molar-refractivity contribution in [2.24, 2.45) is 10.7 Å². The number of rotatable bonds is 7. The van der Waals surface area contributed by atoms with Crippen LogP contribution in [0.15, 0.2) is 29.3 Å². The molecule has 0 saturated carbocycles. The van der Waals surface area contributed by atoms with E-state index < -0.39 is 0 Å². The number of amides is 1. The summed E-state index contributed by atoms with van der Waals surface area (Å²) < 4.78 is 10.7. The minimum Gasteiger partial charge on any atom is -0.494 e. The summed E-state index contributed by atoms with van der Waals surface area (Å²) in [4.78, 5) is 17.8. The molecule has 1 aliphatic rings. The molecule has 1 aliphatic heterocycles. The number of piperidine rings is 1. The molecule has 0 atom stereocenters. The molecular weight excluding hydrogens is 332 g/mol. The number of hydrogen-bond donors (Lipinski definition) is 2. The molecule has 0 unspecified atom stereocenters. The number of aliphatic imine (C=N–C) groups is 1. The van der Waals surface area contributed by atoms with Crippen LogP contribution >= 0.6 is 0 Å². The quantitative estimate of drug-likeness (QED) is 0.441. The van der Waals surface area contributed by atoms with Crippen LogP contribution in [0.4, 0.5) is 4.79 Å². The summed E-state index contributed by atoms with van der Waals surface area (Å²) in [7, 11) is 0. The summed E-state index contributed by atoms with van der Waals surface area (Å²) in [6, 6.07) is 8.24. The number of nitrogens with two attached hydrogens (primary N) is 1. The van der Waals surface area contributed by atoms with Crippen molar-refractivity contribution < 1.29 is 14.3 Å². The Morgan fingerprint density at radius 3 is 2.65 bits per heavy atom. The van der Waals surface area contributed by atoms with E-state index in [2.05, 4.69) is 17.2 Å². The Morgan fingerprint density at radius 2 is 2.00 bits per heavy atom. The second-order valence-electron chi connectivity index (χ2n) is 6.39. The number of carbonyl (C=O) groups excluding carboxylic acids is 1. The van der Waals surface area contributed by atoms with Gasteiger partial charge in [0.05, 0.1) is 13.2 Å². The van der Waals surface area contributed by atoms with Gasteiger partial charge in [-0.25, -0.2) is 4.79 Å². The summed E-state index contributed by atoms with van der Waals surface area (Å²) in [5.41, 5.74) is 7.17. The van der Waals surface area contributed by atoms with E-state index in [9.17, 15) is 4.79 Å². The first-order valence-electron chi connectivity index (χ1n) is 9.26. The van der Waals surface area contributed by atoms with Gasteiger partial charge in [0.15, 0.2) is 5.96 Å². The molecule has 7 heteroatoms. The third-order valence-corrected chi connectivity index (χ3v) is 4.25. The van der Waals surface area contributed by atoms with Gasteiger partial charge in [0.1, 0.15) is 5.75 Å². The van der Waals surface area contributed by atoms with Crippen molar-refractivity contribution in [2.45, 2.75) is 39.2 Å². The Morgan fingerprint density at radius 1 is 1.31 bits per heavy atom. The van der Waals surface area contributed by atoms with Crippen LogP contribution in [0.3, 0.4) is 0 Å². The van der Waals surface area contributed by atoms with Crippen molar-refractivity contribution in [1.29, 1.82) is 0 Å². The Balaban J connectivity index is 1.60. The zero-order chi connectivity index (χ0) is 18.8. The average Bonchev–Trinajstić information content (AvgIpc) is 2.64. The van der Waals surface area contributed by atoms with Gasteiger partial charge >= 0.3 is 6.09 Å². The Hall–Kier alpha value is -2.44. The molecule has 26 heavy (non-hydrogen) atoms. The van der Waals surface area contributed by atoms with Gasteiger partial charge in [0.25, 0.3) is 0 Å². The minimum atomic E-state index is -0.235. The molecule has 1 heterocycles. The first-order valence-corrected chi connectivity index (χ1v) is 9.26. The second-order valence-corrected chi connectivity index (χ2v) is 6.39. The van der Waals surface area contributed by atoms with E-state index in [1.54, 1.807) is 4.90 Å². The molecule has 3 N–H and O–H groups in total. The average molecular weight is 362 g/mol. The SMILES string of the molecule is CCOC(=O)N1CCC(NC(N)=NCCCOc2ccc(C)cc2)CC1. The second kappa shape index (κ2) is 10.5. The van der Waals surface area contributed by atoms with E-state index in [0.717, 1.165) is 25.0 Å². The summed E-state index contributed by atoms with van der Waals surface area (Å²) in [6.07, 6.45) is 2.25. The normalized spacial score (nSPS) is 15.6. The number of benzene rings is 1. The fourth-order valence-corrected chi connectivity index (χ4v) is 2.76. The Labute approximate surface area is 155 Å². The standard InChI is InChI=1S/C19H30N4O3/c1-3-25-19(24)23-12-9-16(10-13-23)22-18(20)21-11-4-14-26-17-7-5-15(2)6-8-17/h5-8,16H,3-4,9-14H2,1-2H3,(H3,20,21,22). The fourth-order valence-electron chi connectivity index (χ4n) is 2.76. The Bertz CT molecular complexity index is 581. The molecule has 7 nitrogen and oxygen atoms in total. The molecule has 0 aromatic heterocycles. The lowest BCUT2D eigenvalue weighted by atomic mass is 10.1. The predicted octanol–water partition coefficient (Wildman–Crippen LogP) is 2.29. The Kier molecular flexibility index (Phi) is 8.05. The van der Waals surface area contributed by atoms with Crippen molar-refractivity contribution in [2.75, 3.05) is 32.8 Å². The van der Waals surface area contributed by atoms with Crippen molar-refractivity contribution >= 4 is 12.1 Å². The van der Waals surface area contributed by atoms with Crippen molar-refractivity contribution in [3.8, 4) is 5.75 Å². The van der Waals surface area contributed by atoms with E-state index in [1.165, 1.54) is 5.56 Å². The van der Waals surface area contributed by atoms with Gasteiger partial charge in [-0.1, -0.05) is 17.7 Å². The lowest BCUT2D eigenvalue weighted by Gasteiger charge is -2.31. The maximum atomic E-state index is 11.7. The summed E-state index contributed by atoms with van der Waals surface area (Å²) in [5.74, 6) is 1.33. The third-order valence-electron chi connectivity index (χ3n) is 4.25. The van der Waals surface area contributed by atoms with E-state index in [1.807, 2.05) is 31.2 Å². The number of aryl methyl sites for hydroxylation is 1. The summed E-state index contributed by atoms with van der Waals surface area (Å²) in [6.45, 7) is 6.85. The van der Waals surface area contributed by atoms with Gasteiger partial charge in [-0.05, 0) is 38.8 Å². The number of ether oxygens (including phenoxy) is 2. The highest BCUT2D eigenvalue weighted by Crippen LogP contribution is 2.12. The molecule has 0 radical (unpaired) electrons. The van der Waals surface area contributed by atoms with Gasteiger partial charge in [-0.15, -0.1) is 0 Å². The molecule has 0 aliphatic carbocycles. The highest BCUT2D eigenvalue weighted by Gasteiger charge is 2.23. The summed E-state index contributed by atoms with van der Waals surface area (Å²) in [5, 5.41) is 3.23. The zero-order valence-corrected chi connectivity index (χ0v) is 15.7. The van der Waals surface area contributed by atoms with E-state index in [0.29, 0.717) is 38.8 Å². The number of nitrogens with one attached hydrogen (secondary N) is 1. The molecule has 1 fully saturated rings. The molecule has 2 rings (SSSR count). The number of hydrogen-bond acceptors (Lipinski definition) is 4. The number of nitrogens with zero attached hydrogens (tertiary/aromatic N) is 2. The summed E-state index contributed by atoms with van der Waals surface area (Å²) >= 11 is 0. The van der Waals surface area contributed by atoms with Crippen LogP contribution in [0.25, 0.3) is 0 Å². The molecule has 0 bridgehead atoms. The minimum absolute atomic E-state index is 0.235. The largest absolute Gasteiger partial charge is 0.494 e. The van der Waals surface area contributed by atoms with Crippen molar-refractivity contribution in [3.05, 3.63) is 29.8 Å². The number of guanidine groups is 1. The lowest BCUT2D eigenvalue weighted by molar-refractivity contribution is 0.0963. The molecule has 144 valence electrons. The zero-order valence-electron chi connectivity index (χ0n) is 15.7. The predicted molar refractivity (Wildman–Crippen MR) is 103 cm³/mol. The van der Waals surface area contributed by atoms with Crippen LogP contribution in [0, 0.1) is 6.92 Å². The molecule has 0 spiro atoms. The van der Waals surface area contributed by atoms with Crippen LogP contribution < -0.4 is 15.8 Å². The molecular formula is C19H30N4O3. The van der Waals surface area contributed by atoms with Crippen LogP contribution in [0.1, 0.15) is 31.7 Å². The highest BCUT2D eigenvalue weighted by molar-refractivity contribution is 5.78. The van der Waals surface area contributed by atoms with Gasteiger partial charge in [0, 0.05) is 32.1 Å². The number of carbonyl (C=O) groups is 1. The van der Waals surface area contributed by atoms with Gasteiger partial charge in [-0.2, -0.15) is 0 Å². The topological polar surface area (TPSA) is 89.2 Å². The molecule has 1 aromatic carbocycles. The van der Waals surface area contributed by atoms with E-state index in [4.69, 9.17) is 15.2 Å². The van der Waals surface area contributed by atoms with E-state index in [-0.39, 0.29) is 12.1 Å². The van der Waals surface area contributed by atoms with Gasteiger partial charge in [0.2, 0.25) is 0 Å². The monoisotopic (exact) mass is 362 g/mol. The molecule has 1 aromatic rings. The van der Waals surface area contributed by atoms with Crippen LogP contribution in [0.5, 0.6) is 5.75 Å². The molecule has 1 amide bonds. The van der Waals surface area contributed by atoms with Gasteiger partial charge < -0.3 is 25.4 Å².